The van der Waals surface area contributed by atoms with Crippen LogP contribution < -0.4 is 0 Å². The smallest absolute Gasteiger partial charge is 0.0930 e. The Morgan fingerprint density at radius 2 is 1.94 bits per heavy atom. The highest BCUT2D eigenvalue weighted by Crippen LogP contribution is 2.30. The summed E-state index contributed by atoms with van der Waals surface area (Å²) in [5.74, 6) is 0. The van der Waals surface area contributed by atoms with Gasteiger partial charge in [0.2, 0.25) is 0 Å². The van der Waals surface area contributed by atoms with Gasteiger partial charge >= 0.3 is 0 Å². The fraction of sp³-hybridized carbons (Fsp3) is 0.333. The van der Waals surface area contributed by atoms with Crippen LogP contribution in [0.25, 0.3) is 0 Å². The molecular formula is C12H13BrOS2. The molecular weight excluding hydrogens is 304 g/mol. The first kappa shape index (κ1) is 12.3. The molecule has 16 heavy (non-hydrogen) atoms. The minimum absolute atomic E-state index is 0.365. The second kappa shape index (κ2) is 5.45. The first-order valence-electron chi connectivity index (χ1n) is 5.20. The third-order valence-electron chi connectivity index (χ3n) is 2.38. The molecule has 2 aromatic heterocycles. The van der Waals surface area contributed by atoms with E-state index in [1.165, 1.54) is 9.75 Å². The quantitative estimate of drug-likeness (QED) is 0.885. The summed E-state index contributed by atoms with van der Waals surface area (Å²) < 4.78 is 1.12. The third kappa shape index (κ3) is 2.94. The summed E-state index contributed by atoms with van der Waals surface area (Å²) in [6.07, 6.45) is 1.39. The van der Waals surface area contributed by atoms with E-state index in [2.05, 4.69) is 35.0 Å². The van der Waals surface area contributed by atoms with Crippen LogP contribution in [-0.4, -0.2) is 5.11 Å². The average Bonchev–Trinajstić information content (AvgIpc) is 2.87. The minimum Gasteiger partial charge on any atom is -0.387 e. The average molecular weight is 317 g/mol. The number of rotatable bonds is 4. The molecule has 2 aromatic rings. The predicted molar refractivity (Wildman–Crippen MR) is 74.4 cm³/mol. The van der Waals surface area contributed by atoms with Gasteiger partial charge in [0.15, 0.2) is 0 Å². The lowest BCUT2D eigenvalue weighted by atomic mass is 10.2. The summed E-state index contributed by atoms with van der Waals surface area (Å²) in [5, 5.41) is 10.1. The van der Waals surface area contributed by atoms with E-state index in [1.807, 2.05) is 12.1 Å². The van der Waals surface area contributed by atoms with Crippen LogP contribution in [0.15, 0.2) is 28.1 Å². The molecule has 0 amide bonds. The molecule has 1 N–H and O–H groups in total. The van der Waals surface area contributed by atoms with Crippen LogP contribution in [0.3, 0.4) is 0 Å². The molecule has 0 bridgehead atoms. The van der Waals surface area contributed by atoms with Gasteiger partial charge in [0, 0.05) is 21.1 Å². The second-order valence-corrected chi connectivity index (χ2v) is 7.33. The zero-order valence-electron chi connectivity index (χ0n) is 8.94. The van der Waals surface area contributed by atoms with Crippen molar-refractivity contribution in [2.45, 2.75) is 25.9 Å². The molecule has 0 saturated heterocycles. The van der Waals surface area contributed by atoms with Crippen molar-refractivity contribution in [3.63, 3.8) is 0 Å². The fourth-order valence-corrected chi connectivity index (χ4v) is 3.97. The zero-order chi connectivity index (χ0) is 11.5. The highest BCUT2D eigenvalue weighted by molar-refractivity contribution is 9.11. The van der Waals surface area contributed by atoms with Gasteiger partial charge in [-0.2, -0.15) is 0 Å². The van der Waals surface area contributed by atoms with E-state index in [0.29, 0.717) is 6.42 Å². The molecule has 0 aliphatic heterocycles. The Bertz CT molecular complexity index is 461. The van der Waals surface area contributed by atoms with E-state index in [4.69, 9.17) is 0 Å². The second-order valence-electron chi connectivity index (χ2n) is 3.58. The molecule has 1 unspecified atom stereocenters. The summed E-state index contributed by atoms with van der Waals surface area (Å²) >= 11 is 6.83. The Labute approximate surface area is 112 Å². The number of halogens is 1. The molecule has 1 atom stereocenters. The van der Waals surface area contributed by atoms with E-state index in [0.717, 1.165) is 15.1 Å². The van der Waals surface area contributed by atoms with Crippen molar-refractivity contribution in [3.05, 3.63) is 42.7 Å². The van der Waals surface area contributed by atoms with Crippen LogP contribution in [0.5, 0.6) is 0 Å². The molecule has 0 aromatic carbocycles. The molecule has 86 valence electrons. The Morgan fingerprint density at radius 3 is 2.50 bits per heavy atom. The first-order valence-corrected chi connectivity index (χ1v) is 7.62. The van der Waals surface area contributed by atoms with Gasteiger partial charge in [-0.15, -0.1) is 22.7 Å². The maximum absolute atomic E-state index is 10.1. The molecule has 0 spiro atoms. The monoisotopic (exact) mass is 316 g/mol. The van der Waals surface area contributed by atoms with Crippen LogP contribution in [0, 0.1) is 0 Å². The van der Waals surface area contributed by atoms with Crippen molar-refractivity contribution in [3.8, 4) is 0 Å². The number of aryl methyl sites for hydroxylation is 1. The molecule has 0 radical (unpaired) electrons. The van der Waals surface area contributed by atoms with E-state index in [1.54, 1.807) is 22.7 Å². The van der Waals surface area contributed by atoms with Gasteiger partial charge in [-0.3, -0.25) is 0 Å². The molecule has 0 aliphatic rings. The van der Waals surface area contributed by atoms with Gasteiger partial charge in [0.05, 0.1) is 9.89 Å². The summed E-state index contributed by atoms with van der Waals surface area (Å²) in [5.41, 5.74) is 0. The van der Waals surface area contributed by atoms with Crippen LogP contribution in [0.2, 0.25) is 0 Å². The lowest BCUT2D eigenvalue weighted by molar-refractivity contribution is 0.183. The fourth-order valence-electron chi connectivity index (χ4n) is 1.52. The van der Waals surface area contributed by atoms with Crippen molar-refractivity contribution in [1.29, 1.82) is 0 Å². The summed E-state index contributed by atoms with van der Waals surface area (Å²) in [7, 11) is 0. The Hall–Kier alpha value is -0.160. The summed E-state index contributed by atoms with van der Waals surface area (Å²) in [6, 6.07) is 8.23. The molecule has 4 heteroatoms. The maximum Gasteiger partial charge on any atom is 0.0930 e. The number of thiophene rings is 2. The lowest BCUT2D eigenvalue weighted by Gasteiger charge is -2.05. The van der Waals surface area contributed by atoms with Gasteiger partial charge in [0.25, 0.3) is 0 Å². The van der Waals surface area contributed by atoms with Crippen molar-refractivity contribution in [1.82, 2.24) is 0 Å². The molecule has 0 aliphatic carbocycles. The van der Waals surface area contributed by atoms with E-state index in [-0.39, 0.29) is 6.10 Å². The highest BCUT2D eigenvalue weighted by Gasteiger charge is 2.12. The van der Waals surface area contributed by atoms with Crippen molar-refractivity contribution in [2.75, 3.05) is 0 Å². The van der Waals surface area contributed by atoms with Gasteiger partial charge in [-0.05, 0) is 46.6 Å². The van der Waals surface area contributed by atoms with Crippen LogP contribution >= 0.6 is 38.6 Å². The maximum atomic E-state index is 10.1. The Morgan fingerprint density at radius 1 is 1.19 bits per heavy atom. The summed E-state index contributed by atoms with van der Waals surface area (Å²) in [4.78, 5) is 3.62. The van der Waals surface area contributed by atoms with Crippen molar-refractivity contribution >= 4 is 38.6 Å². The Balaban J connectivity index is 2.05. The number of aliphatic hydroxyl groups excluding tert-OH is 1. The van der Waals surface area contributed by atoms with Crippen LogP contribution in [-0.2, 0) is 12.8 Å². The zero-order valence-corrected chi connectivity index (χ0v) is 12.2. The topological polar surface area (TPSA) is 20.2 Å². The lowest BCUT2D eigenvalue weighted by Crippen LogP contribution is -1.97. The van der Waals surface area contributed by atoms with E-state index < -0.39 is 0 Å². The van der Waals surface area contributed by atoms with Gasteiger partial charge < -0.3 is 5.11 Å². The number of aliphatic hydroxyl groups is 1. The summed E-state index contributed by atoms with van der Waals surface area (Å²) in [6.45, 7) is 2.14. The van der Waals surface area contributed by atoms with Gasteiger partial charge in [-0.1, -0.05) is 6.92 Å². The molecule has 2 heterocycles. The van der Waals surface area contributed by atoms with Crippen LogP contribution in [0.1, 0.15) is 27.7 Å². The van der Waals surface area contributed by atoms with Crippen molar-refractivity contribution in [2.24, 2.45) is 0 Å². The standard InChI is InChI=1S/C12H13BrOS2/c1-2-8-3-5-11(15-8)10(14)7-9-4-6-12(13)16-9/h3-6,10,14H,2,7H2,1H3. The van der Waals surface area contributed by atoms with E-state index in [9.17, 15) is 5.11 Å². The van der Waals surface area contributed by atoms with Crippen LogP contribution in [0.4, 0.5) is 0 Å². The normalized spacial score (nSPS) is 12.9. The third-order valence-corrected chi connectivity index (χ3v) is 5.36. The first-order chi connectivity index (χ1) is 7.69. The largest absolute Gasteiger partial charge is 0.387 e. The number of hydrogen-bond donors (Lipinski definition) is 1. The molecule has 1 nitrogen and oxygen atoms in total. The van der Waals surface area contributed by atoms with Gasteiger partial charge in [-0.25, -0.2) is 0 Å². The molecule has 2 rings (SSSR count). The highest BCUT2D eigenvalue weighted by atomic mass is 79.9. The predicted octanol–water partition coefficient (Wildman–Crippen LogP) is 4.41. The number of hydrogen-bond acceptors (Lipinski definition) is 3. The minimum atomic E-state index is -0.365. The molecule has 0 fully saturated rings. The van der Waals surface area contributed by atoms with E-state index >= 15 is 0 Å². The molecule has 0 saturated carbocycles. The van der Waals surface area contributed by atoms with Crippen molar-refractivity contribution < 1.29 is 5.11 Å². The SMILES string of the molecule is CCc1ccc(C(O)Cc2ccc(Br)s2)s1. The van der Waals surface area contributed by atoms with Gasteiger partial charge in [0.1, 0.15) is 0 Å². The Kier molecular flexibility index (Phi) is 4.19.